The highest BCUT2D eigenvalue weighted by Gasteiger charge is 2.33. The second-order valence-corrected chi connectivity index (χ2v) is 7.50. The minimum Gasteiger partial charge on any atom is -0.478 e. The number of ether oxygens (including phenoxy) is 3. The first kappa shape index (κ1) is 18.7. The topological polar surface area (TPSA) is 48.0 Å². The van der Waals surface area contributed by atoms with Gasteiger partial charge in [0.2, 0.25) is 5.78 Å². The Morgan fingerprint density at radius 2 is 1.96 bits per heavy atom. The largest absolute Gasteiger partial charge is 0.478 e. The van der Waals surface area contributed by atoms with Gasteiger partial charge in [-0.25, -0.2) is 0 Å². The number of benzene rings is 2. The number of nitrogens with zero attached hydrogens (tertiary/aromatic N) is 1. The summed E-state index contributed by atoms with van der Waals surface area (Å²) < 4.78 is 17.0. The number of Topliss-reactive ketones (excluding diaryl/α,β-unsaturated/α-hetero) is 1. The molecule has 2 aliphatic heterocycles. The van der Waals surface area contributed by atoms with E-state index in [1.807, 2.05) is 24.3 Å². The van der Waals surface area contributed by atoms with Gasteiger partial charge in [0.15, 0.2) is 5.76 Å². The number of methoxy groups -OCH3 is 1. The van der Waals surface area contributed by atoms with Crippen molar-refractivity contribution in [2.75, 3.05) is 27.0 Å². The molecule has 0 N–H and O–H groups in total. The molecule has 0 atom stereocenters. The summed E-state index contributed by atoms with van der Waals surface area (Å²) in [6.07, 6.45) is 1.81. The Balaban J connectivity index is 1.60. The summed E-state index contributed by atoms with van der Waals surface area (Å²) in [6, 6.07) is 11.9. The van der Waals surface area contributed by atoms with E-state index in [0.29, 0.717) is 42.9 Å². The van der Waals surface area contributed by atoms with Crippen molar-refractivity contribution in [3.8, 4) is 11.5 Å². The third-order valence-electron chi connectivity index (χ3n) is 5.19. The van der Waals surface area contributed by atoms with Crippen molar-refractivity contribution in [2.24, 2.45) is 0 Å². The van der Waals surface area contributed by atoms with Crippen LogP contribution in [0.2, 0.25) is 0 Å². The van der Waals surface area contributed by atoms with Crippen molar-refractivity contribution >= 4 is 11.9 Å². The fourth-order valence-corrected chi connectivity index (χ4v) is 3.50. The van der Waals surface area contributed by atoms with E-state index in [0.717, 1.165) is 23.4 Å². The molecule has 0 bridgehead atoms. The number of hydrogen-bond donors (Lipinski definition) is 0. The van der Waals surface area contributed by atoms with Crippen LogP contribution in [-0.4, -0.2) is 37.7 Å². The minimum atomic E-state index is -0.0836. The van der Waals surface area contributed by atoms with Gasteiger partial charge < -0.3 is 14.2 Å². The van der Waals surface area contributed by atoms with Crippen LogP contribution in [0.1, 0.15) is 46.8 Å². The van der Waals surface area contributed by atoms with E-state index in [1.54, 1.807) is 13.2 Å². The smallest absolute Gasteiger partial charge is 0.231 e. The maximum absolute atomic E-state index is 12.8. The number of carbonyl (C=O) groups excluding carboxylic acids is 1. The van der Waals surface area contributed by atoms with Gasteiger partial charge in [0.25, 0.3) is 0 Å². The monoisotopic (exact) mass is 379 g/mol. The average molecular weight is 379 g/mol. The van der Waals surface area contributed by atoms with Gasteiger partial charge in [0.05, 0.1) is 17.7 Å². The molecule has 0 aliphatic carbocycles. The summed E-state index contributed by atoms with van der Waals surface area (Å²) in [5, 5.41) is 0. The van der Waals surface area contributed by atoms with Crippen molar-refractivity contribution in [1.29, 1.82) is 0 Å². The molecule has 0 amide bonds. The highest BCUT2D eigenvalue weighted by atomic mass is 16.5. The Bertz CT molecular complexity index is 915. The van der Waals surface area contributed by atoms with Crippen LogP contribution in [0.15, 0.2) is 42.2 Å². The van der Waals surface area contributed by atoms with Crippen LogP contribution in [0.4, 0.5) is 0 Å². The molecule has 0 aromatic heterocycles. The fourth-order valence-electron chi connectivity index (χ4n) is 3.50. The number of ketones is 1. The number of allylic oxidation sites excluding steroid dienone is 1. The van der Waals surface area contributed by atoms with Crippen LogP contribution in [-0.2, 0) is 11.3 Å². The summed E-state index contributed by atoms with van der Waals surface area (Å²) >= 11 is 0. The first-order chi connectivity index (χ1) is 13.6. The lowest BCUT2D eigenvalue weighted by molar-refractivity contribution is 0.0646. The molecular formula is C23H25NO4. The molecule has 28 heavy (non-hydrogen) atoms. The van der Waals surface area contributed by atoms with E-state index in [9.17, 15) is 4.79 Å². The van der Waals surface area contributed by atoms with Crippen molar-refractivity contribution in [3.63, 3.8) is 0 Å². The van der Waals surface area contributed by atoms with E-state index in [4.69, 9.17) is 14.2 Å². The lowest BCUT2D eigenvalue weighted by Gasteiger charge is -2.29. The van der Waals surface area contributed by atoms with Gasteiger partial charge in [0.1, 0.15) is 18.2 Å². The molecule has 0 spiro atoms. The minimum absolute atomic E-state index is 0.0836. The van der Waals surface area contributed by atoms with Gasteiger partial charge in [-0.3, -0.25) is 9.69 Å². The van der Waals surface area contributed by atoms with Crippen LogP contribution in [0.3, 0.4) is 0 Å². The highest BCUT2D eigenvalue weighted by molar-refractivity contribution is 6.15. The molecule has 2 aliphatic rings. The molecule has 0 saturated carbocycles. The lowest BCUT2D eigenvalue weighted by atomic mass is 10.0. The maximum Gasteiger partial charge on any atom is 0.231 e. The van der Waals surface area contributed by atoms with Crippen LogP contribution in [0.25, 0.3) is 6.08 Å². The predicted molar refractivity (Wildman–Crippen MR) is 108 cm³/mol. The third-order valence-corrected chi connectivity index (χ3v) is 5.19. The maximum atomic E-state index is 12.8. The predicted octanol–water partition coefficient (Wildman–Crippen LogP) is 4.22. The quantitative estimate of drug-likeness (QED) is 0.728. The zero-order valence-electron chi connectivity index (χ0n) is 16.5. The summed E-state index contributed by atoms with van der Waals surface area (Å²) in [6.45, 7) is 6.90. The van der Waals surface area contributed by atoms with Crippen molar-refractivity contribution in [3.05, 3.63) is 64.4 Å². The molecule has 2 heterocycles. The van der Waals surface area contributed by atoms with E-state index < -0.39 is 0 Å². The van der Waals surface area contributed by atoms with Crippen molar-refractivity contribution in [2.45, 2.75) is 26.3 Å². The van der Waals surface area contributed by atoms with Gasteiger partial charge in [-0.1, -0.05) is 38.1 Å². The second-order valence-electron chi connectivity index (χ2n) is 7.50. The molecule has 0 radical (unpaired) electrons. The van der Waals surface area contributed by atoms with Crippen LogP contribution >= 0.6 is 0 Å². The van der Waals surface area contributed by atoms with E-state index >= 15 is 0 Å². The number of rotatable bonds is 5. The van der Waals surface area contributed by atoms with Gasteiger partial charge >= 0.3 is 0 Å². The molecule has 0 saturated heterocycles. The molecule has 4 rings (SSSR count). The molecule has 5 nitrogen and oxygen atoms in total. The second kappa shape index (κ2) is 7.78. The standard InChI is InChI=1S/C23H25NO4/c1-15(2)17-6-4-16(5-7-17)12-21-22(25)18-8-9-20-19(23(18)28-21)13-24(14-27-20)10-11-26-3/h4-9,12,15H,10-11,13-14H2,1-3H3/b21-12-. The number of hydrogen-bond acceptors (Lipinski definition) is 5. The molecule has 2 aromatic carbocycles. The Kier molecular flexibility index (Phi) is 5.20. The molecular weight excluding hydrogens is 354 g/mol. The van der Waals surface area contributed by atoms with Crippen LogP contribution < -0.4 is 9.47 Å². The Labute approximate surface area is 165 Å². The highest BCUT2D eigenvalue weighted by Crippen LogP contribution is 2.42. The number of fused-ring (bicyclic) bond motifs is 3. The molecule has 5 heteroatoms. The Hall–Kier alpha value is -2.63. The van der Waals surface area contributed by atoms with Crippen molar-refractivity contribution < 1.29 is 19.0 Å². The Morgan fingerprint density at radius 1 is 1.18 bits per heavy atom. The lowest BCUT2D eigenvalue weighted by Crippen LogP contribution is -2.34. The van der Waals surface area contributed by atoms with Gasteiger partial charge in [-0.2, -0.15) is 0 Å². The molecule has 0 unspecified atom stereocenters. The van der Waals surface area contributed by atoms with Crippen molar-refractivity contribution in [1.82, 2.24) is 4.90 Å². The summed E-state index contributed by atoms with van der Waals surface area (Å²) in [5.74, 6) is 2.15. The van der Waals surface area contributed by atoms with E-state index in [-0.39, 0.29) is 5.78 Å². The Morgan fingerprint density at radius 3 is 2.68 bits per heavy atom. The summed E-state index contributed by atoms with van der Waals surface area (Å²) in [4.78, 5) is 15.0. The first-order valence-corrected chi connectivity index (χ1v) is 9.61. The number of carbonyl (C=O) groups is 1. The van der Waals surface area contributed by atoms with Gasteiger partial charge in [-0.15, -0.1) is 0 Å². The molecule has 146 valence electrons. The van der Waals surface area contributed by atoms with Gasteiger partial charge in [-0.05, 0) is 35.3 Å². The molecule has 2 aromatic rings. The summed E-state index contributed by atoms with van der Waals surface area (Å²) in [7, 11) is 1.68. The van der Waals surface area contributed by atoms with E-state index in [1.165, 1.54) is 5.56 Å². The summed E-state index contributed by atoms with van der Waals surface area (Å²) in [5.41, 5.74) is 3.74. The van der Waals surface area contributed by atoms with Crippen LogP contribution in [0, 0.1) is 0 Å². The zero-order valence-corrected chi connectivity index (χ0v) is 16.5. The zero-order chi connectivity index (χ0) is 19.7. The van der Waals surface area contributed by atoms with Crippen LogP contribution in [0.5, 0.6) is 11.5 Å². The SMILES string of the molecule is COCCN1COc2ccc3c(c2C1)O/C(=C\c1ccc(C(C)C)cc1)C3=O. The fraction of sp³-hybridized carbons (Fsp3) is 0.348. The average Bonchev–Trinajstić information content (AvgIpc) is 3.02. The normalized spacial score (nSPS) is 17.4. The first-order valence-electron chi connectivity index (χ1n) is 9.61. The van der Waals surface area contributed by atoms with E-state index in [2.05, 4.69) is 30.9 Å². The van der Waals surface area contributed by atoms with Gasteiger partial charge in [0, 0.05) is 20.2 Å². The molecule has 0 fully saturated rings. The third kappa shape index (κ3) is 3.55.